The van der Waals surface area contributed by atoms with Crippen LogP contribution in [-0.4, -0.2) is 13.1 Å². The maximum atomic E-state index is 2.49. The zero-order valence-electron chi connectivity index (χ0n) is 9.32. The molecule has 0 radical (unpaired) electrons. The molecule has 2 heterocycles. The van der Waals surface area contributed by atoms with Gasteiger partial charge < -0.3 is 21.9 Å². The molecule has 0 aliphatic carbocycles. The fourth-order valence-electron chi connectivity index (χ4n) is 2.02. The van der Waals surface area contributed by atoms with Crippen LogP contribution in [0.3, 0.4) is 0 Å². The summed E-state index contributed by atoms with van der Waals surface area (Å²) in [7, 11) is 0. The van der Waals surface area contributed by atoms with Gasteiger partial charge >= 0.3 is 0 Å². The summed E-state index contributed by atoms with van der Waals surface area (Å²) in [5, 5.41) is 0. The summed E-state index contributed by atoms with van der Waals surface area (Å²) in [5.41, 5.74) is 1.38. The largest absolute Gasteiger partial charge is 1.00 e. The molecule has 1 fully saturated rings. The maximum absolute atomic E-state index is 2.49. The van der Waals surface area contributed by atoms with Crippen LogP contribution in [0.25, 0.3) is 0 Å². The molecule has 0 atom stereocenters. The summed E-state index contributed by atoms with van der Waals surface area (Å²) >= 11 is 0. The molecule has 1 aromatic heterocycles. The normalized spacial score (nSPS) is 15.9. The van der Waals surface area contributed by atoms with E-state index in [4.69, 9.17) is 0 Å². The number of pyridine rings is 1. The van der Waals surface area contributed by atoms with Gasteiger partial charge in [0.15, 0.2) is 12.4 Å². The van der Waals surface area contributed by atoms with E-state index in [1.165, 1.54) is 38.0 Å². The first-order valence-electron chi connectivity index (χ1n) is 5.64. The second-order valence-corrected chi connectivity index (χ2v) is 3.93. The van der Waals surface area contributed by atoms with Gasteiger partial charge in [-0.05, 0) is 26.2 Å². The minimum Gasteiger partial charge on any atom is -1.00 e. The van der Waals surface area contributed by atoms with Crippen molar-refractivity contribution in [2.75, 3.05) is 18.0 Å². The first-order chi connectivity index (χ1) is 6.90. The Labute approximate surface area is 103 Å². The van der Waals surface area contributed by atoms with Crippen LogP contribution >= 0.6 is 0 Å². The van der Waals surface area contributed by atoms with Crippen molar-refractivity contribution < 1.29 is 21.5 Å². The van der Waals surface area contributed by atoms with Crippen molar-refractivity contribution in [2.45, 2.75) is 32.7 Å². The number of piperidine rings is 1. The summed E-state index contributed by atoms with van der Waals surface area (Å²) < 4.78 is 2.20. The van der Waals surface area contributed by atoms with Crippen molar-refractivity contribution in [2.24, 2.45) is 0 Å². The first kappa shape index (κ1) is 12.5. The highest BCUT2D eigenvalue weighted by molar-refractivity contribution is 5.43. The van der Waals surface area contributed by atoms with E-state index in [0.717, 1.165) is 6.54 Å². The minimum atomic E-state index is 0. The summed E-state index contributed by atoms with van der Waals surface area (Å²) in [6.07, 6.45) is 8.44. The van der Waals surface area contributed by atoms with Crippen LogP contribution in [0.1, 0.15) is 26.2 Å². The number of aromatic nitrogens is 1. The van der Waals surface area contributed by atoms with Crippen molar-refractivity contribution in [1.82, 2.24) is 0 Å². The lowest BCUT2D eigenvalue weighted by atomic mass is 10.1. The second-order valence-electron chi connectivity index (χ2n) is 3.93. The Hall–Kier alpha value is -0.570. The van der Waals surface area contributed by atoms with Gasteiger partial charge in [-0.15, -0.1) is 0 Å². The molecule has 0 N–H and O–H groups in total. The number of anilines is 1. The van der Waals surface area contributed by atoms with Gasteiger partial charge in [-0.1, -0.05) is 0 Å². The maximum Gasteiger partial charge on any atom is 0.170 e. The molecule has 1 aliphatic heterocycles. The molecule has 1 aliphatic rings. The molecule has 0 unspecified atom stereocenters. The van der Waals surface area contributed by atoms with E-state index < -0.39 is 0 Å². The van der Waals surface area contributed by atoms with E-state index in [1.54, 1.807) is 0 Å². The van der Waals surface area contributed by atoms with E-state index in [-0.39, 0.29) is 17.0 Å². The highest BCUT2D eigenvalue weighted by atomic mass is 79.9. The molecule has 1 aromatic rings. The van der Waals surface area contributed by atoms with Gasteiger partial charge in [0, 0.05) is 30.9 Å². The lowest BCUT2D eigenvalue weighted by Crippen LogP contribution is -3.00. The van der Waals surface area contributed by atoms with Gasteiger partial charge in [0.1, 0.15) is 6.54 Å². The number of hydrogen-bond acceptors (Lipinski definition) is 1. The van der Waals surface area contributed by atoms with E-state index in [0.29, 0.717) is 0 Å². The zero-order valence-corrected chi connectivity index (χ0v) is 10.9. The molecule has 0 saturated carbocycles. The summed E-state index contributed by atoms with van der Waals surface area (Å²) in [5.74, 6) is 0. The van der Waals surface area contributed by atoms with Crippen molar-refractivity contribution >= 4 is 5.69 Å². The fraction of sp³-hybridized carbons (Fsp3) is 0.583. The van der Waals surface area contributed by atoms with Crippen molar-refractivity contribution in [3.63, 3.8) is 0 Å². The molecule has 2 nitrogen and oxygen atoms in total. The monoisotopic (exact) mass is 270 g/mol. The molecule has 0 spiro atoms. The fourth-order valence-corrected chi connectivity index (χ4v) is 2.02. The highest BCUT2D eigenvalue weighted by Crippen LogP contribution is 2.17. The number of rotatable bonds is 2. The third kappa shape index (κ3) is 3.20. The van der Waals surface area contributed by atoms with Gasteiger partial charge in [0.2, 0.25) is 0 Å². The number of aryl methyl sites for hydroxylation is 1. The Morgan fingerprint density at radius 2 is 1.73 bits per heavy atom. The van der Waals surface area contributed by atoms with Crippen LogP contribution in [0.2, 0.25) is 0 Å². The Morgan fingerprint density at radius 3 is 2.27 bits per heavy atom. The minimum absolute atomic E-state index is 0. The molecule has 84 valence electrons. The number of hydrogen-bond donors (Lipinski definition) is 0. The van der Waals surface area contributed by atoms with Crippen LogP contribution in [-0.2, 0) is 6.54 Å². The lowest BCUT2D eigenvalue weighted by molar-refractivity contribution is -0.693. The van der Waals surface area contributed by atoms with Gasteiger partial charge in [-0.3, -0.25) is 0 Å². The highest BCUT2D eigenvalue weighted by Gasteiger charge is 2.11. The Bertz CT molecular complexity index is 278. The number of nitrogens with zero attached hydrogens (tertiary/aromatic N) is 2. The second kappa shape index (κ2) is 6.11. The van der Waals surface area contributed by atoms with Gasteiger partial charge in [-0.2, -0.15) is 0 Å². The standard InChI is InChI=1S/C12H19N2.BrH/c1-2-13-10-6-12(7-11-13)14-8-4-3-5-9-14;/h6-7,10-11H,2-5,8-9H2,1H3;1H/q+1;/p-1. The molecule has 0 amide bonds. The average Bonchev–Trinajstić information content (AvgIpc) is 2.30. The van der Waals surface area contributed by atoms with Crippen molar-refractivity contribution in [3.8, 4) is 0 Å². The van der Waals surface area contributed by atoms with Crippen LogP contribution in [0.5, 0.6) is 0 Å². The Balaban J connectivity index is 0.00000112. The van der Waals surface area contributed by atoms with Gasteiger partial charge in [0.25, 0.3) is 0 Å². The van der Waals surface area contributed by atoms with E-state index in [1.807, 2.05) is 0 Å². The van der Waals surface area contributed by atoms with Crippen molar-refractivity contribution in [3.05, 3.63) is 24.5 Å². The predicted octanol–water partition coefficient (Wildman–Crippen LogP) is -1.01. The molecule has 3 heteroatoms. The van der Waals surface area contributed by atoms with E-state index in [2.05, 4.69) is 40.9 Å². The summed E-state index contributed by atoms with van der Waals surface area (Å²) in [4.78, 5) is 2.49. The Morgan fingerprint density at radius 1 is 1.13 bits per heavy atom. The SMILES string of the molecule is CC[n+]1ccc(N2CCCCC2)cc1.[Br-]. The van der Waals surface area contributed by atoms with Crippen molar-refractivity contribution in [1.29, 1.82) is 0 Å². The number of halogens is 1. The lowest BCUT2D eigenvalue weighted by Gasteiger charge is -2.28. The van der Waals surface area contributed by atoms with E-state index in [9.17, 15) is 0 Å². The zero-order chi connectivity index (χ0) is 9.80. The smallest absolute Gasteiger partial charge is 0.170 e. The predicted molar refractivity (Wildman–Crippen MR) is 58.4 cm³/mol. The summed E-state index contributed by atoms with van der Waals surface area (Å²) in [6.45, 7) is 5.69. The molecule has 15 heavy (non-hydrogen) atoms. The molecular weight excluding hydrogens is 252 g/mol. The summed E-state index contributed by atoms with van der Waals surface area (Å²) in [6, 6.07) is 4.46. The van der Waals surface area contributed by atoms with Crippen LogP contribution in [0, 0.1) is 0 Å². The first-order valence-corrected chi connectivity index (χ1v) is 5.64. The van der Waals surface area contributed by atoms with Crippen LogP contribution in [0.15, 0.2) is 24.5 Å². The Kier molecular flexibility index (Phi) is 5.09. The van der Waals surface area contributed by atoms with Crippen LogP contribution in [0.4, 0.5) is 5.69 Å². The van der Waals surface area contributed by atoms with Gasteiger partial charge in [-0.25, -0.2) is 4.57 Å². The average molecular weight is 271 g/mol. The third-order valence-electron chi connectivity index (χ3n) is 2.96. The van der Waals surface area contributed by atoms with Crippen LogP contribution < -0.4 is 26.4 Å². The molecule has 0 bridgehead atoms. The van der Waals surface area contributed by atoms with Gasteiger partial charge in [0.05, 0.1) is 0 Å². The molecular formula is C12H19BrN2. The quantitative estimate of drug-likeness (QED) is 0.625. The molecule has 0 aromatic carbocycles. The molecule has 2 rings (SSSR count). The topological polar surface area (TPSA) is 7.12 Å². The van der Waals surface area contributed by atoms with E-state index >= 15 is 0 Å². The molecule has 1 saturated heterocycles. The third-order valence-corrected chi connectivity index (χ3v) is 2.96.